The summed E-state index contributed by atoms with van der Waals surface area (Å²) in [7, 11) is 0. The Hall–Kier alpha value is -2.06. The van der Waals surface area contributed by atoms with Crippen molar-refractivity contribution >= 4 is 28.6 Å². The third-order valence-electron chi connectivity index (χ3n) is 3.17. The van der Waals surface area contributed by atoms with E-state index < -0.39 is 0 Å². The van der Waals surface area contributed by atoms with Crippen molar-refractivity contribution in [2.45, 2.75) is 32.2 Å². The zero-order valence-electron chi connectivity index (χ0n) is 11.8. The van der Waals surface area contributed by atoms with Crippen LogP contribution in [0.25, 0.3) is 11.0 Å². The van der Waals surface area contributed by atoms with E-state index in [0.717, 1.165) is 5.52 Å². The normalized spacial score (nSPS) is 10.5. The van der Waals surface area contributed by atoms with Gasteiger partial charge in [-0.1, -0.05) is 6.07 Å². The number of aromatic nitrogens is 2. The third-order valence-corrected chi connectivity index (χ3v) is 3.40. The van der Waals surface area contributed by atoms with Gasteiger partial charge in [0.15, 0.2) is 0 Å². The van der Waals surface area contributed by atoms with Crippen molar-refractivity contribution in [2.75, 3.05) is 6.61 Å². The quantitative estimate of drug-likeness (QED) is 0.608. The van der Waals surface area contributed by atoms with Gasteiger partial charge in [0, 0.05) is 13.0 Å². The fourth-order valence-corrected chi connectivity index (χ4v) is 2.46. The highest BCUT2D eigenvalue weighted by Crippen LogP contribution is 2.21. The Kier molecular flexibility index (Phi) is 5.18. The molecular formula is C15H16ClN3O2. The first kappa shape index (κ1) is 15.3. The summed E-state index contributed by atoms with van der Waals surface area (Å²) in [5.41, 5.74) is 2.06. The van der Waals surface area contributed by atoms with E-state index in [1.807, 2.05) is 16.7 Å². The number of ether oxygens (including phenoxy) is 1. The highest BCUT2D eigenvalue weighted by atomic mass is 35.5. The molecule has 0 bridgehead atoms. The summed E-state index contributed by atoms with van der Waals surface area (Å²) in [5, 5.41) is 9.12. The second kappa shape index (κ2) is 7.09. The maximum absolute atomic E-state index is 11.4. The predicted molar refractivity (Wildman–Crippen MR) is 79.9 cm³/mol. The topological polar surface area (TPSA) is 67.9 Å². The fourth-order valence-electron chi connectivity index (χ4n) is 2.25. The molecule has 0 N–H and O–H groups in total. The van der Waals surface area contributed by atoms with Gasteiger partial charge in [0.25, 0.3) is 0 Å². The first-order valence-electron chi connectivity index (χ1n) is 6.81. The first-order chi connectivity index (χ1) is 10.2. The number of hydrogen-bond donors (Lipinski definition) is 0. The molecule has 0 aliphatic rings. The average molecular weight is 306 g/mol. The van der Waals surface area contributed by atoms with Crippen LogP contribution in [-0.4, -0.2) is 22.1 Å². The van der Waals surface area contributed by atoms with E-state index in [4.69, 9.17) is 21.6 Å². The molecule has 1 heterocycles. The van der Waals surface area contributed by atoms with Gasteiger partial charge in [0.2, 0.25) is 0 Å². The molecule has 0 aliphatic heterocycles. The number of para-hydroxylation sites is 1. The van der Waals surface area contributed by atoms with E-state index in [1.54, 1.807) is 13.0 Å². The largest absolute Gasteiger partial charge is 0.466 e. The van der Waals surface area contributed by atoms with Gasteiger partial charge in [-0.15, -0.1) is 11.6 Å². The monoisotopic (exact) mass is 305 g/mol. The van der Waals surface area contributed by atoms with Crippen molar-refractivity contribution in [1.29, 1.82) is 5.26 Å². The Morgan fingerprint density at radius 3 is 3.00 bits per heavy atom. The Labute approximate surface area is 128 Å². The molecule has 1 aromatic carbocycles. The van der Waals surface area contributed by atoms with Crippen LogP contribution in [0.15, 0.2) is 18.2 Å². The minimum atomic E-state index is -0.202. The van der Waals surface area contributed by atoms with E-state index in [0.29, 0.717) is 42.9 Å². The summed E-state index contributed by atoms with van der Waals surface area (Å²) in [6.45, 7) is 2.80. The second-order valence-electron chi connectivity index (χ2n) is 4.51. The van der Waals surface area contributed by atoms with Gasteiger partial charge in [-0.25, -0.2) is 4.98 Å². The number of esters is 1. The molecule has 0 amide bonds. The molecule has 2 aromatic rings. The summed E-state index contributed by atoms with van der Waals surface area (Å²) in [4.78, 5) is 15.8. The third kappa shape index (κ3) is 3.34. The molecule has 1 aromatic heterocycles. The molecule has 0 spiro atoms. The molecule has 5 nitrogen and oxygen atoms in total. The predicted octanol–water partition coefficient (Wildman–Crippen LogP) is 2.99. The van der Waals surface area contributed by atoms with Crippen LogP contribution in [0.3, 0.4) is 0 Å². The van der Waals surface area contributed by atoms with Crippen LogP contribution in [-0.2, 0) is 22.0 Å². The summed E-state index contributed by atoms with van der Waals surface area (Å²) in [6.07, 6.45) is 0.998. The van der Waals surface area contributed by atoms with E-state index in [1.165, 1.54) is 0 Å². The number of nitriles is 1. The van der Waals surface area contributed by atoms with Crippen molar-refractivity contribution in [3.05, 3.63) is 29.6 Å². The Balaban J connectivity index is 2.22. The zero-order chi connectivity index (χ0) is 15.2. The summed E-state index contributed by atoms with van der Waals surface area (Å²) < 4.78 is 6.87. The smallest absolute Gasteiger partial charge is 0.305 e. The molecule has 0 aliphatic carbocycles. The number of carbonyl (C=O) groups is 1. The lowest BCUT2D eigenvalue weighted by atomic mass is 10.2. The molecule has 0 unspecified atom stereocenters. The highest BCUT2D eigenvalue weighted by molar-refractivity contribution is 6.16. The van der Waals surface area contributed by atoms with Gasteiger partial charge in [0.05, 0.1) is 23.6 Å². The number of halogens is 1. The summed E-state index contributed by atoms with van der Waals surface area (Å²) in [5.74, 6) is 0.768. The van der Waals surface area contributed by atoms with Gasteiger partial charge in [0.1, 0.15) is 17.4 Å². The SMILES string of the molecule is CCOC(=O)CCCn1c(CCl)nc2c(C#N)cccc21. The Bertz CT molecular complexity index is 688. The van der Waals surface area contributed by atoms with Crippen molar-refractivity contribution in [1.82, 2.24) is 9.55 Å². The molecule has 6 heteroatoms. The number of alkyl halides is 1. The highest BCUT2D eigenvalue weighted by Gasteiger charge is 2.13. The molecule has 0 fully saturated rings. The summed E-state index contributed by atoms with van der Waals surface area (Å²) >= 11 is 5.93. The zero-order valence-corrected chi connectivity index (χ0v) is 12.6. The van der Waals surface area contributed by atoms with E-state index in [2.05, 4.69) is 11.1 Å². The minimum Gasteiger partial charge on any atom is -0.466 e. The Morgan fingerprint density at radius 1 is 1.52 bits per heavy atom. The molecule has 0 saturated carbocycles. The fraction of sp³-hybridized carbons (Fsp3) is 0.400. The number of hydrogen-bond acceptors (Lipinski definition) is 4. The average Bonchev–Trinajstić information content (AvgIpc) is 2.85. The molecular weight excluding hydrogens is 290 g/mol. The van der Waals surface area contributed by atoms with Gasteiger partial charge in [-0.2, -0.15) is 5.26 Å². The molecule has 0 saturated heterocycles. The van der Waals surface area contributed by atoms with Crippen molar-refractivity contribution in [2.24, 2.45) is 0 Å². The summed E-state index contributed by atoms with van der Waals surface area (Å²) in [6, 6.07) is 7.59. The first-order valence-corrected chi connectivity index (χ1v) is 7.34. The van der Waals surface area contributed by atoms with Gasteiger partial charge < -0.3 is 9.30 Å². The second-order valence-corrected chi connectivity index (χ2v) is 4.77. The van der Waals surface area contributed by atoms with Crippen LogP contribution >= 0.6 is 11.6 Å². The van der Waals surface area contributed by atoms with Crippen LogP contribution < -0.4 is 0 Å². The van der Waals surface area contributed by atoms with Gasteiger partial charge in [-0.05, 0) is 25.5 Å². The van der Waals surface area contributed by atoms with Crippen LogP contribution in [0.1, 0.15) is 31.2 Å². The number of imidazole rings is 1. The van der Waals surface area contributed by atoms with E-state index >= 15 is 0 Å². The van der Waals surface area contributed by atoms with E-state index in [-0.39, 0.29) is 11.8 Å². The van der Waals surface area contributed by atoms with Crippen molar-refractivity contribution < 1.29 is 9.53 Å². The Morgan fingerprint density at radius 2 is 2.33 bits per heavy atom. The number of rotatable bonds is 6. The number of fused-ring (bicyclic) bond motifs is 1. The number of aryl methyl sites for hydroxylation is 1. The lowest BCUT2D eigenvalue weighted by molar-refractivity contribution is -0.143. The lowest BCUT2D eigenvalue weighted by Crippen LogP contribution is -2.08. The van der Waals surface area contributed by atoms with Crippen molar-refractivity contribution in [3.63, 3.8) is 0 Å². The molecule has 0 atom stereocenters. The lowest BCUT2D eigenvalue weighted by Gasteiger charge is -2.07. The van der Waals surface area contributed by atoms with Crippen molar-refractivity contribution in [3.8, 4) is 6.07 Å². The molecule has 0 radical (unpaired) electrons. The molecule has 2 rings (SSSR count). The number of nitrogens with zero attached hydrogens (tertiary/aromatic N) is 3. The maximum Gasteiger partial charge on any atom is 0.305 e. The van der Waals surface area contributed by atoms with Crippen LogP contribution in [0, 0.1) is 11.3 Å². The van der Waals surface area contributed by atoms with Crippen LogP contribution in [0.4, 0.5) is 0 Å². The maximum atomic E-state index is 11.4. The van der Waals surface area contributed by atoms with Gasteiger partial charge in [-0.3, -0.25) is 4.79 Å². The molecule has 21 heavy (non-hydrogen) atoms. The minimum absolute atomic E-state index is 0.202. The van der Waals surface area contributed by atoms with E-state index in [9.17, 15) is 4.79 Å². The number of carbonyl (C=O) groups excluding carboxylic acids is 1. The van der Waals surface area contributed by atoms with Gasteiger partial charge >= 0.3 is 5.97 Å². The van der Waals surface area contributed by atoms with Crippen LogP contribution in [0.5, 0.6) is 0 Å². The van der Waals surface area contributed by atoms with Crippen LogP contribution in [0.2, 0.25) is 0 Å². The number of benzene rings is 1. The standard InChI is InChI=1S/C15H16ClN3O2/c1-2-21-14(20)7-4-8-19-12-6-3-5-11(10-17)15(12)18-13(19)9-16/h3,5-6H,2,4,7-9H2,1H3. The molecule has 110 valence electrons.